The van der Waals surface area contributed by atoms with Gasteiger partial charge in [0.1, 0.15) is 12.6 Å². The summed E-state index contributed by atoms with van der Waals surface area (Å²) in [6, 6.07) is 19.7. The summed E-state index contributed by atoms with van der Waals surface area (Å²) < 4.78 is 39.8. The number of aryl methyl sites for hydroxylation is 1. The van der Waals surface area contributed by atoms with Crippen LogP contribution in [-0.4, -0.2) is 58.5 Å². The highest BCUT2D eigenvalue weighted by atomic mass is 32.2. The third-order valence-electron chi connectivity index (χ3n) is 6.48. The zero-order valence-corrected chi connectivity index (χ0v) is 24.4. The van der Waals surface area contributed by atoms with Gasteiger partial charge in [0.05, 0.1) is 24.8 Å². The molecule has 0 unspecified atom stereocenters. The predicted octanol–water partition coefficient (Wildman–Crippen LogP) is 4.15. The Labute approximate surface area is 236 Å². The first-order valence-corrected chi connectivity index (χ1v) is 14.5. The van der Waals surface area contributed by atoms with Crippen LogP contribution in [0.1, 0.15) is 31.4 Å². The smallest absolute Gasteiger partial charge is 0.264 e. The summed E-state index contributed by atoms with van der Waals surface area (Å²) in [5.74, 6) is -0.182. The van der Waals surface area contributed by atoms with Gasteiger partial charge in [-0.1, -0.05) is 55.0 Å². The lowest BCUT2D eigenvalue weighted by Gasteiger charge is -2.33. The lowest BCUT2D eigenvalue weighted by Crippen LogP contribution is -2.52. The number of benzene rings is 3. The van der Waals surface area contributed by atoms with E-state index in [0.29, 0.717) is 24.4 Å². The van der Waals surface area contributed by atoms with E-state index in [1.165, 1.54) is 37.3 Å². The summed E-state index contributed by atoms with van der Waals surface area (Å²) in [5, 5.41) is 2.80. The Bertz CT molecular complexity index is 1390. The molecule has 0 bridgehead atoms. The molecule has 2 amide bonds. The average molecular weight is 568 g/mol. The zero-order valence-electron chi connectivity index (χ0n) is 23.6. The number of nitrogens with zero attached hydrogens (tertiary/aromatic N) is 2. The van der Waals surface area contributed by atoms with E-state index >= 15 is 0 Å². The predicted molar refractivity (Wildman–Crippen MR) is 155 cm³/mol. The standard InChI is InChI=1S/C30H37N3O6S/c1-6-26(30(35)31-7-2)32(20-23-11-9-8-10-12-23)29(34)21-33(24-15-13-22(3)14-16-24)40(36,37)25-17-18-27(38-4)28(19-25)39-5/h8-19,26H,6-7,20-21H2,1-5H3,(H,31,35)/t26-/m1/s1. The van der Waals surface area contributed by atoms with E-state index in [0.717, 1.165) is 15.4 Å². The fourth-order valence-corrected chi connectivity index (χ4v) is 5.77. The number of ether oxygens (including phenoxy) is 2. The zero-order chi connectivity index (χ0) is 29.3. The van der Waals surface area contributed by atoms with Crippen LogP contribution in [0.2, 0.25) is 0 Å². The number of methoxy groups -OCH3 is 2. The first kappa shape index (κ1) is 30.5. The summed E-state index contributed by atoms with van der Waals surface area (Å²) >= 11 is 0. The molecule has 0 aromatic heterocycles. The van der Waals surface area contributed by atoms with Crippen LogP contribution in [-0.2, 0) is 26.2 Å². The number of nitrogens with one attached hydrogen (secondary N) is 1. The van der Waals surface area contributed by atoms with Crippen molar-refractivity contribution in [3.8, 4) is 11.5 Å². The summed E-state index contributed by atoms with van der Waals surface area (Å²) in [7, 11) is -1.36. The fourth-order valence-electron chi connectivity index (χ4n) is 4.34. The molecule has 0 saturated carbocycles. The molecule has 3 aromatic carbocycles. The minimum atomic E-state index is -4.24. The quantitative estimate of drug-likeness (QED) is 0.333. The van der Waals surface area contributed by atoms with E-state index in [2.05, 4.69) is 5.32 Å². The van der Waals surface area contributed by atoms with E-state index in [1.807, 2.05) is 51.1 Å². The topological polar surface area (TPSA) is 105 Å². The molecule has 10 heteroatoms. The molecule has 1 atom stereocenters. The van der Waals surface area contributed by atoms with Crippen LogP contribution in [0, 0.1) is 6.92 Å². The number of sulfonamides is 1. The van der Waals surface area contributed by atoms with Gasteiger partial charge in [-0.3, -0.25) is 13.9 Å². The summed E-state index contributed by atoms with van der Waals surface area (Å²) in [5.41, 5.74) is 2.08. The highest BCUT2D eigenvalue weighted by Crippen LogP contribution is 2.32. The molecule has 0 heterocycles. The molecule has 0 spiro atoms. The van der Waals surface area contributed by atoms with Gasteiger partial charge >= 0.3 is 0 Å². The lowest BCUT2D eigenvalue weighted by atomic mass is 10.1. The largest absolute Gasteiger partial charge is 0.493 e. The van der Waals surface area contributed by atoms with Crippen molar-refractivity contribution in [1.29, 1.82) is 0 Å². The second-order valence-corrected chi connectivity index (χ2v) is 11.1. The first-order chi connectivity index (χ1) is 19.2. The third kappa shape index (κ3) is 7.12. The second-order valence-electron chi connectivity index (χ2n) is 9.19. The van der Waals surface area contributed by atoms with Crippen LogP contribution in [0.3, 0.4) is 0 Å². The number of carbonyl (C=O) groups excluding carboxylic acids is 2. The van der Waals surface area contributed by atoms with Gasteiger partial charge in [0.2, 0.25) is 11.8 Å². The maximum atomic E-state index is 14.1. The molecule has 214 valence electrons. The Kier molecular flexibility index (Phi) is 10.6. The molecule has 3 aromatic rings. The van der Waals surface area contributed by atoms with Crippen LogP contribution >= 0.6 is 0 Å². The van der Waals surface area contributed by atoms with E-state index in [9.17, 15) is 18.0 Å². The van der Waals surface area contributed by atoms with Crippen molar-refractivity contribution in [3.05, 3.63) is 83.9 Å². The number of carbonyl (C=O) groups is 2. The molecule has 40 heavy (non-hydrogen) atoms. The maximum absolute atomic E-state index is 14.1. The highest BCUT2D eigenvalue weighted by Gasteiger charge is 2.34. The van der Waals surface area contributed by atoms with Crippen molar-refractivity contribution in [2.24, 2.45) is 0 Å². The number of hydrogen-bond acceptors (Lipinski definition) is 6. The van der Waals surface area contributed by atoms with Crippen molar-refractivity contribution in [1.82, 2.24) is 10.2 Å². The van der Waals surface area contributed by atoms with Gasteiger partial charge in [-0.25, -0.2) is 8.42 Å². The van der Waals surface area contributed by atoms with Gasteiger partial charge in [-0.2, -0.15) is 0 Å². The van der Waals surface area contributed by atoms with Crippen molar-refractivity contribution in [2.75, 3.05) is 31.6 Å². The van der Waals surface area contributed by atoms with Crippen molar-refractivity contribution in [2.45, 2.75) is 44.7 Å². The molecule has 0 aliphatic rings. The molecular weight excluding hydrogens is 530 g/mol. The Morgan fingerprint density at radius 2 is 1.55 bits per heavy atom. The molecule has 0 fully saturated rings. The number of hydrogen-bond donors (Lipinski definition) is 1. The van der Waals surface area contributed by atoms with Crippen molar-refractivity contribution in [3.63, 3.8) is 0 Å². The normalized spacial score (nSPS) is 11.8. The third-order valence-corrected chi connectivity index (χ3v) is 8.25. The molecule has 0 radical (unpaired) electrons. The van der Waals surface area contributed by atoms with Crippen LogP contribution in [0.25, 0.3) is 0 Å². The Morgan fingerprint density at radius 3 is 2.12 bits per heavy atom. The SMILES string of the molecule is CCNC(=O)[C@@H](CC)N(Cc1ccccc1)C(=O)CN(c1ccc(C)cc1)S(=O)(=O)c1ccc(OC)c(OC)c1. The van der Waals surface area contributed by atoms with Gasteiger partial charge in [0.15, 0.2) is 11.5 Å². The maximum Gasteiger partial charge on any atom is 0.264 e. The van der Waals surface area contributed by atoms with Crippen LogP contribution in [0.15, 0.2) is 77.7 Å². The van der Waals surface area contributed by atoms with Gasteiger partial charge in [0, 0.05) is 19.2 Å². The van der Waals surface area contributed by atoms with Gasteiger partial charge in [0.25, 0.3) is 10.0 Å². The lowest BCUT2D eigenvalue weighted by molar-refractivity contribution is -0.140. The average Bonchev–Trinajstić information content (AvgIpc) is 2.96. The summed E-state index contributed by atoms with van der Waals surface area (Å²) in [6.45, 7) is 5.57. The minimum Gasteiger partial charge on any atom is -0.493 e. The molecule has 1 N–H and O–H groups in total. The first-order valence-electron chi connectivity index (χ1n) is 13.1. The van der Waals surface area contributed by atoms with E-state index in [-0.39, 0.29) is 23.1 Å². The fraction of sp³-hybridized carbons (Fsp3) is 0.333. The number of likely N-dealkylation sites (N-methyl/N-ethyl adjacent to an activating group) is 1. The molecule has 0 saturated heterocycles. The van der Waals surface area contributed by atoms with Gasteiger partial charge in [-0.05, 0) is 50.1 Å². The molecular formula is C30H37N3O6S. The monoisotopic (exact) mass is 567 g/mol. The molecule has 9 nitrogen and oxygen atoms in total. The Balaban J connectivity index is 2.08. The highest BCUT2D eigenvalue weighted by molar-refractivity contribution is 7.92. The number of amides is 2. The molecule has 0 aliphatic carbocycles. The molecule has 3 rings (SSSR count). The van der Waals surface area contributed by atoms with Crippen molar-refractivity contribution >= 4 is 27.5 Å². The van der Waals surface area contributed by atoms with E-state index in [4.69, 9.17) is 9.47 Å². The Hall–Kier alpha value is -4.05. The molecule has 0 aliphatic heterocycles. The van der Waals surface area contributed by atoms with Gasteiger partial charge < -0.3 is 19.7 Å². The van der Waals surface area contributed by atoms with Crippen LogP contribution in [0.4, 0.5) is 5.69 Å². The number of anilines is 1. The summed E-state index contributed by atoms with van der Waals surface area (Å²) in [6.07, 6.45) is 0.358. The van der Waals surface area contributed by atoms with Crippen molar-refractivity contribution < 1.29 is 27.5 Å². The van der Waals surface area contributed by atoms with Crippen LogP contribution < -0.4 is 19.1 Å². The van der Waals surface area contributed by atoms with E-state index in [1.54, 1.807) is 24.3 Å². The van der Waals surface area contributed by atoms with E-state index < -0.39 is 28.5 Å². The number of rotatable bonds is 13. The summed E-state index contributed by atoms with van der Waals surface area (Å²) in [4.78, 5) is 28.4. The minimum absolute atomic E-state index is 0.0658. The second kappa shape index (κ2) is 13.8. The van der Waals surface area contributed by atoms with Crippen LogP contribution in [0.5, 0.6) is 11.5 Å². The van der Waals surface area contributed by atoms with Gasteiger partial charge in [-0.15, -0.1) is 0 Å². The Morgan fingerprint density at radius 1 is 0.900 bits per heavy atom.